The molecule has 0 atom stereocenters. The smallest absolute Gasteiger partial charge is 0.292 e. The van der Waals surface area contributed by atoms with Crippen LogP contribution in [0, 0.1) is 0 Å². The predicted molar refractivity (Wildman–Crippen MR) is 60.8 cm³/mol. The molecule has 2 rings (SSSR count). The molecule has 82 valence electrons. The highest BCUT2D eigenvalue weighted by atomic mass is 35.5. The Morgan fingerprint density at radius 3 is 2.75 bits per heavy atom. The largest absolute Gasteiger partial charge is 0.319 e. The van der Waals surface area contributed by atoms with Crippen molar-refractivity contribution in [1.29, 1.82) is 0 Å². The highest BCUT2D eigenvalue weighted by Gasteiger charge is 2.09. The van der Waals surface area contributed by atoms with Crippen LogP contribution in [-0.4, -0.2) is 21.1 Å². The molecule has 2 aromatic rings. The third-order valence-electron chi connectivity index (χ3n) is 1.81. The molecule has 0 fully saturated rings. The van der Waals surface area contributed by atoms with Gasteiger partial charge >= 0.3 is 0 Å². The molecule has 0 radical (unpaired) electrons. The van der Waals surface area contributed by atoms with E-state index in [9.17, 15) is 4.79 Å². The Kier molecular flexibility index (Phi) is 3.07. The number of aromatic nitrogens is 3. The zero-order valence-corrected chi connectivity index (χ0v) is 9.38. The first-order valence-corrected chi connectivity index (χ1v) is 5.04. The Labute approximate surface area is 101 Å². The Balaban J connectivity index is 2.15. The summed E-state index contributed by atoms with van der Waals surface area (Å²) in [6.45, 7) is 0. The van der Waals surface area contributed by atoms with E-state index in [4.69, 9.17) is 23.2 Å². The number of rotatable bonds is 2. The van der Waals surface area contributed by atoms with Crippen LogP contribution in [0.1, 0.15) is 10.6 Å². The molecule has 1 heterocycles. The van der Waals surface area contributed by atoms with Crippen LogP contribution in [0.2, 0.25) is 10.0 Å². The third kappa shape index (κ3) is 2.32. The van der Waals surface area contributed by atoms with E-state index < -0.39 is 5.91 Å². The minimum absolute atomic E-state index is 0.131. The maximum atomic E-state index is 11.6. The van der Waals surface area contributed by atoms with Crippen LogP contribution in [0.25, 0.3) is 0 Å². The van der Waals surface area contributed by atoms with Gasteiger partial charge in [0, 0.05) is 5.69 Å². The van der Waals surface area contributed by atoms with E-state index in [0.717, 1.165) is 0 Å². The normalized spacial score (nSPS) is 10.1. The van der Waals surface area contributed by atoms with E-state index in [1.54, 1.807) is 18.2 Å². The zero-order valence-electron chi connectivity index (χ0n) is 7.87. The van der Waals surface area contributed by atoms with Crippen molar-refractivity contribution < 1.29 is 4.79 Å². The second kappa shape index (κ2) is 4.51. The average Bonchev–Trinajstić information content (AvgIpc) is 2.77. The lowest BCUT2D eigenvalue weighted by Gasteiger charge is -2.03. The summed E-state index contributed by atoms with van der Waals surface area (Å²) in [6, 6.07) is 4.79. The number of amides is 1. The van der Waals surface area contributed by atoms with E-state index in [-0.39, 0.29) is 5.82 Å². The molecule has 0 aliphatic rings. The van der Waals surface area contributed by atoms with Gasteiger partial charge in [0.05, 0.1) is 10.0 Å². The van der Waals surface area contributed by atoms with E-state index in [2.05, 4.69) is 20.5 Å². The lowest BCUT2D eigenvalue weighted by molar-refractivity contribution is 0.101. The van der Waals surface area contributed by atoms with Gasteiger partial charge in [0.1, 0.15) is 6.33 Å². The first-order valence-electron chi connectivity index (χ1n) is 4.28. The first-order chi connectivity index (χ1) is 7.66. The SMILES string of the molecule is O=C(Nc1ccc(Cl)c(Cl)c1)c1ncn[nH]1. The lowest BCUT2D eigenvalue weighted by Crippen LogP contribution is -2.13. The number of benzene rings is 1. The minimum Gasteiger partial charge on any atom is -0.319 e. The molecule has 16 heavy (non-hydrogen) atoms. The second-order valence-corrected chi connectivity index (χ2v) is 3.73. The molecule has 0 saturated heterocycles. The molecule has 0 aliphatic carbocycles. The summed E-state index contributed by atoms with van der Waals surface area (Å²) in [7, 11) is 0. The van der Waals surface area contributed by atoms with Crippen molar-refractivity contribution in [3.05, 3.63) is 40.4 Å². The Morgan fingerprint density at radius 1 is 1.31 bits per heavy atom. The fourth-order valence-corrected chi connectivity index (χ4v) is 1.38. The molecule has 1 amide bonds. The molecule has 7 heteroatoms. The van der Waals surface area contributed by atoms with E-state index in [1.165, 1.54) is 6.33 Å². The minimum atomic E-state index is -0.393. The monoisotopic (exact) mass is 256 g/mol. The maximum absolute atomic E-state index is 11.6. The van der Waals surface area contributed by atoms with Gasteiger partial charge in [-0.2, -0.15) is 5.10 Å². The number of hydrogen-bond donors (Lipinski definition) is 2. The Hall–Kier alpha value is -1.59. The fourth-order valence-electron chi connectivity index (χ4n) is 1.08. The predicted octanol–water partition coefficient (Wildman–Crippen LogP) is 2.36. The van der Waals surface area contributed by atoms with Gasteiger partial charge < -0.3 is 5.32 Å². The van der Waals surface area contributed by atoms with Gasteiger partial charge in [-0.15, -0.1) is 0 Å². The molecule has 2 N–H and O–H groups in total. The molecule has 0 aliphatic heterocycles. The second-order valence-electron chi connectivity index (χ2n) is 2.92. The molecule has 1 aromatic carbocycles. The Morgan fingerprint density at radius 2 is 2.12 bits per heavy atom. The molecule has 1 aromatic heterocycles. The number of nitrogens with zero attached hydrogens (tertiary/aromatic N) is 2. The van der Waals surface area contributed by atoms with Gasteiger partial charge in [-0.1, -0.05) is 23.2 Å². The van der Waals surface area contributed by atoms with Crippen LogP contribution in [0.5, 0.6) is 0 Å². The van der Waals surface area contributed by atoms with Crippen molar-refractivity contribution in [2.24, 2.45) is 0 Å². The maximum Gasteiger partial charge on any atom is 0.292 e. The summed E-state index contributed by atoms with van der Waals surface area (Å²) >= 11 is 11.5. The van der Waals surface area contributed by atoms with E-state index in [0.29, 0.717) is 15.7 Å². The quantitative estimate of drug-likeness (QED) is 0.867. The lowest BCUT2D eigenvalue weighted by atomic mass is 10.3. The van der Waals surface area contributed by atoms with Crippen LogP contribution < -0.4 is 5.32 Å². The van der Waals surface area contributed by atoms with Gasteiger partial charge in [0.15, 0.2) is 0 Å². The average molecular weight is 257 g/mol. The summed E-state index contributed by atoms with van der Waals surface area (Å²) in [4.78, 5) is 15.3. The molecule has 0 spiro atoms. The molecule has 0 unspecified atom stereocenters. The number of H-pyrrole nitrogens is 1. The molecule has 0 bridgehead atoms. The molecular formula is C9H6Cl2N4O. The number of halogens is 2. The number of hydrogen-bond acceptors (Lipinski definition) is 3. The molecule has 5 nitrogen and oxygen atoms in total. The number of nitrogens with one attached hydrogen (secondary N) is 2. The van der Waals surface area contributed by atoms with Crippen LogP contribution in [0.4, 0.5) is 5.69 Å². The Bertz CT molecular complexity index is 512. The van der Waals surface area contributed by atoms with Crippen molar-refractivity contribution in [3.63, 3.8) is 0 Å². The van der Waals surface area contributed by atoms with Crippen molar-refractivity contribution in [2.45, 2.75) is 0 Å². The number of anilines is 1. The summed E-state index contributed by atoms with van der Waals surface area (Å²) in [5, 5.41) is 9.42. The highest BCUT2D eigenvalue weighted by molar-refractivity contribution is 6.42. The molecular weight excluding hydrogens is 251 g/mol. The highest BCUT2D eigenvalue weighted by Crippen LogP contribution is 2.25. The van der Waals surface area contributed by atoms with E-state index >= 15 is 0 Å². The zero-order chi connectivity index (χ0) is 11.5. The van der Waals surface area contributed by atoms with Gasteiger partial charge in [-0.05, 0) is 18.2 Å². The fraction of sp³-hybridized carbons (Fsp3) is 0. The van der Waals surface area contributed by atoms with Crippen LogP contribution >= 0.6 is 23.2 Å². The van der Waals surface area contributed by atoms with Gasteiger partial charge in [0.2, 0.25) is 5.82 Å². The van der Waals surface area contributed by atoms with Crippen LogP contribution in [-0.2, 0) is 0 Å². The van der Waals surface area contributed by atoms with Crippen LogP contribution in [0.3, 0.4) is 0 Å². The topological polar surface area (TPSA) is 70.7 Å². The van der Waals surface area contributed by atoms with Gasteiger partial charge in [0.25, 0.3) is 5.91 Å². The van der Waals surface area contributed by atoms with Crippen molar-refractivity contribution in [1.82, 2.24) is 15.2 Å². The van der Waals surface area contributed by atoms with Crippen molar-refractivity contribution in [3.8, 4) is 0 Å². The van der Waals surface area contributed by atoms with Gasteiger partial charge in [-0.25, -0.2) is 4.98 Å². The van der Waals surface area contributed by atoms with Gasteiger partial charge in [-0.3, -0.25) is 9.89 Å². The van der Waals surface area contributed by atoms with Crippen molar-refractivity contribution in [2.75, 3.05) is 5.32 Å². The number of carbonyl (C=O) groups is 1. The summed E-state index contributed by atoms with van der Waals surface area (Å²) < 4.78 is 0. The van der Waals surface area contributed by atoms with Crippen molar-refractivity contribution >= 4 is 34.8 Å². The van der Waals surface area contributed by atoms with Crippen LogP contribution in [0.15, 0.2) is 24.5 Å². The molecule has 0 saturated carbocycles. The standard InChI is InChI=1S/C9H6Cl2N4O/c10-6-2-1-5(3-7(6)11)14-9(16)8-12-4-13-15-8/h1-4H,(H,14,16)(H,12,13,15). The number of aromatic amines is 1. The summed E-state index contributed by atoms with van der Waals surface area (Å²) in [5.41, 5.74) is 0.538. The summed E-state index contributed by atoms with van der Waals surface area (Å²) in [6.07, 6.45) is 1.25. The third-order valence-corrected chi connectivity index (χ3v) is 2.55. The summed E-state index contributed by atoms with van der Waals surface area (Å²) in [5.74, 6) is -0.262. The first kappa shape index (κ1) is 10.9. The number of carbonyl (C=O) groups excluding carboxylic acids is 1. The van der Waals surface area contributed by atoms with E-state index in [1.807, 2.05) is 0 Å².